The molecule has 148 valence electrons. The molecule has 1 aromatic heterocycles. The molecule has 0 unspecified atom stereocenters. The minimum atomic E-state index is -0.261. The molecule has 1 aromatic carbocycles. The molecule has 28 heavy (non-hydrogen) atoms. The molecule has 1 N–H and O–H groups in total. The predicted octanol–water partition coefficient (Wildman–Crippen LogP) is 1.83. The van der Waals surface area contributed by atoms with Crippen molar-refractivity contribution < 1.29 is 9.53 Å². The Hall–Kier alpha value is -2.18. The van der Waals surface area contributed by atoms with Crippen LogP contribution < -0.4 is 10.7 Å². The van der Waals surface area contributed by atoms with Crippen molar-refractivity contribution in [3.05, 3.63) is 45.7 Å². The molecular formula is C22H27N3O3. The van der Waals surface area contributed by atoms with Crippen LogP contribution in [0, 0.1) is 12.8 Å². The van der Waals surface area contributed by atoms with Gasteiger partial charge >= 0.3 is 0 Å². The molecule has 3 fully saturated rings. The molecule has 0 bridgehead atoms. The number of ether oxygens (including phenoxy) is 1. The second kappa shape index (κ2) is 6.71. The SMILES string of the molecule is Cc1ccc2c(c1)c(=O)c(C(=O)N[C@H]1[C@H]3CCO[C@H]3[C@@H]1N1CCCC1)cn2C. The highest BCUT2D eigenvalue weighted by molar-refractivity contribution is 5.97. The van der Waals surface area contributed by atoms with Crippen molar-refractivity contribution in [3.63, 3.8) is 0 Å². The molecule has 6 heteroatoms. The van der Waals surface area contributed by atoms with Crippen LogP contribution in [0.15, 0.2) is 29.2 Å². The van der Waals surface area contributed by atoms with Crippen LogP contribution in [0.1, 0.15) is 35.2 Å². The van der Waals surface area contributed by atoms with Gasteiger partial charge in [0, 0.05) is 31.2 Å². The molecule has 6 nitrogen and oxygen atoms in total. The van der Waals surface area contributed by atoms with Crippen LogP contribution in [0.4, 0.5) is 0 Å². The first-order chi connectivity index (χ1) is 13.5. The van der Waals surface area contributed by atoms with Crippen LogP contribution in [0.2, 0.25) is 0 Å². The number of benzene rings is 1. The van der Waals surface area contributed by atoms with Gasteiger partial charge in [-0.2, -0.15) is 0 Å². The number of aryl methyl sites for hydroxylation is 2. The number of hydrogen-bond acceptors (Lipinski definition) is 4. The van der Waals surface area contributed by atoms with Crippen molar-refractivity contribution in [3.8, 4) is 0 Å². The van der Waals surface area contributed by atoms with Gasteiger partial charge in [-0.25, -0.2) is 0 Å². The summed E-state index contributed by atoms with van der Waals surface area (Å²) in [5.74, 6) is 0.102. The Morgan fingerprint density at radius 3 is 2.82 bits per heavy atom. The topological polar surface area (TPSA) is 63.6 Å². The number of pyridine rings is 1. The third-order valence-corrected chi connectivity index (χ3v) is 6.80. The zero-order valence-corrected chi connectivity index (χ0v) is 16.5. The number of amides is 1. The summed E-state index contributed by atoms with van der Waals surface area (Å²) >= 11 is 0. The van der Waals surface area contributed by atoms with Crippen LogP contribution in [0.3, 0.4) is 0 Å². The number of nitrogens with zero attached hydrogens (tertiary/aromatic N) is 2. The van der Waals surface area contributed by atoms with E-state index in [-0.39, 0.29) is 35.1 Å². The Balaban J connectivity index is 1.45. The molecule has 1 amide bonds. The van der Waals surface area contributed by atoms with Gasteiger partial charge in [0.15, 0.2) is 0 Å². The molecule has 0 spiro atoms. The number of carbonyl (C=O) groups excluding carboxylic acids is 1. The molecule has 1 aliphatic carbocycles. The highest BCUT2D eigenvalue weighted by Gasteiger charge is 2.56. The maximum Gasteiger partial charge on any atom is 0.257 e. The van der Waals surface area contributed by atoms with Crippen LogP contribution in [0.25, 0.3) is 10.9 Å². The third kappa shape index (κ3) is 2.70. The van der Waals surface area contributed by atoms with E-state index in [9.17, 15) is 9.59 Å². The van der Waals surface area contributed by atoms with Crippen molar-refractivity contribution in [1.29, 1.82) is 0 Å². The maximum absolute atomic E-state index is 13.1. The molecule has 3 aliphatic rings. The van der Waals surface area contributed by atoms with Gasteiger partial charge < -0.3 is 14.6 Å². The summed E-state index contributed by atoms with van der Waals surface area (Å²) in [4.78, 5) is 28.6. The first-order valence-corrected chi connectivity index (χ1v) is 10.3. The second-order valence-corrected chi connectivity index (χ2v) is 8.52. The zero-order valence-electron chi connectivity index (χ0n) is 16.5. The summed E-state index contributed by atoms with van der Waals surface area (Å²) in [6.07, 6.45) is 5.29. The number of aromatic nitrogens is 1. The van der Waals surface area contributed by atoms with Crippen molar-refractivity contribution in [2.24, 2.45) is 13.0 Å². The Kier molecular flexibility index (Phi) is 4.29. The van der Waals surface area contributed by atoms with Gasteiger partial charge in [0.1, 0.15) is 5.56 Å². The maximum atomic E-state index is 13.1. The number of likely N-dealkylation sites (tertiary alicyclic amines) is 1. The molecule has 2 aliphatic heterocycles. The van der Waals surface area contributed by atoms with Gasteiger partial charge in [0.25, 0.3) is 5.91 Å². The lowest BCUT2D eigenvalue weighted by molar-refractivity contribution is -0.0747. The van der Waals surface area contributed by atoms with Gasteiger partial charge in [-0.15, -0.1) is 0 Å². The minimum absolute atomic E-state index is 0.0658. The first kappa shape index (κ1) is 17.9. The van der Waals surface area contributed by atoms with E-state index in [2.05, 4.69) is 10.2 Å². The van der Waals surface area contributed by atoms with E-state index in [1.807, 2.05) is 36.7 Å². The summed E-state index contributed by atoms with van der Waals surface area (Å²) in [6.45, 7) is 4.87. The van der Waals surface area contributed by atoms with E-state index in [1.54, 1.807) is 6.20 Å². The molecule has 5 rings (SSSR count). The number of nitrogens with one attached hydrogen (secondary N) is 1. The van der Waals surface area contributed by atoms with E-state index in [4.69, 9.17) is 4.74 Å². The largest absolute Gasteiger partial charge is 0.376 e. The van der Waals surface area contributed by atoms with Crippen molar-refractivity contribution in [2.45, 2.75) is 44.4 Å². The Morgan fingerprint density at radius 2 is 2.04 bits per heavy atom. The molecule has 1 saturated carbocycles. The van der Waals surface area contributed by atoms with Crippen molar-refractivity contribution in [1.82, 2.24) is 14.8 Å². The minimum Gasteiger partial charge on any atom is -0.376 e. The lowest BCUT2D eigenvalue weighted by Gasteiger charge is -2.51. The van der Waals surface area contributed by atoms with E-state index in [0.29, 0.717) is 11.3 Å². The first-order valence-electron chi connectivity index (χ1n) is 10.3. The number of carbonyl (C=O) groups is 1. The summed E-state index contributed by atoms with van der Waals surface area (Å²) in [5, 5.41) is 3.80. The number of rotatable bonds is 3. The molecule has 3 heterocycles. The monoisotopic (exact) mass is 381 g/mol. The molecule has 2 aromatic rings. The van der Waals surface area contributed by atoms with Crippen LogP contribution in [0.5, 0.6) is 0 Å². The lowest BCUT2D eigenvalue weighted by Crippen LogP contribution is -2.70. The quantitative estimate of drug-likeness (QED) is 0.881. The van der Waals surface area contributed by atoms with Crippen LogP contribution in [-0.2, 0) is 11.8 Å². The summed E-state index contributed by atoms with van der Waals surface area (Å²) in [7, 11) is 1.88. The average molecular weight is 381 g/mol. The van der Waals surface area contributed by atoms with E-state index in [0.717, 1.165) is 37.2 Å². The van der Waals surface area contributed by atoms with Gasteiger partial charge in [-0.3, -0.25) is 14.5 Å². The standard InChI is InChI=1S/C22H27N3O3/c1-13-5-6-17-15(11-13)20(26)16(12-24(17)2)22(27)23-18-14-7-10-28-21(14)19(18)25-8-3-4-9-25/h5-6,11-12,14,18-19,21H,3-4,7-10H2,1-2H3,(H,23,27)/t14-,18+,19-,21-/m1/s1. The molecular weight excluding hydrogens is 354 g/mol. The third-order valence-electron chi connectivity index (χ3n) is 6.80. The van der Waals surface area contributed by atoms with E-state index in [1.165, 1.54) is 12.8 Å². The second-order valence-electron chi connectivity index (χ2n) is 8.52. The van der Waals surface area contributed by atoms with Gasteiger partial charge in [-0.05, 0) is 51.4 Å². The van der Waals surface area contributed by atoms with Gasteiger partial charge in [-0.1, -0.05) is 11.6 Å². The summed E-state index contributed by atoms with van der Waals surface area (Å²) in [6, 6.07) is 6.09. The zero-order chi connectivity index (χ0) is 19.4. The smallest absolute Gasteiger partial charge is 0.257 e. The Bertz CT molecular complexity index is 988. The Labute approximate surface area is 164 Å². The normalized spacial score (nSPS) is 29.6. The lowest BCUT2D eigenvalue weighted by atomic mass is 9.70. The Morgan fingerprint density at radius 1 is 1.25 bits per heavy atom. The fourth-order valence-corrected chi connectivity index (χ4v) is 5.34. The predicted molar refractivity (Wildman–Crippen MR) is 108 cm³/mol. The van der Waals surface area contributed by atoms with Crippen LogP contribution in [-0.4, -0.2) is 53.3 Å². The van der Waals surface area contributed by atoms with E-state index >= 15 is 0 Å². The van der Waals surface area contributed by atoms with Gasteiger partial charge in [0.2, 0.25) is 5.43 Å². The van der Waals surface area contributed by atoms with Crippen molar-refractivity contribution in [2.75, 3.05) is 19.7 Å². The van der Waals surface area contributed by atoms with Gasteiger partial charge in [0.05, 0.1) is 23.7 Å². The molecule has 4 atom stereocenters. The summed E-state index contributed by atoms with van der Waals surface area (Å²) < 4.78 is 7.82. The molecule has 0 radical (unpaired) electrons. The number of fused-ring (bicyclic) bond motifs is 2. The highest BCUT2D eigenvalue weighted by Crippen LogP contribution is 2.42. The fraction of sp³-hybridized carbons (Fsp3) is 0.545. The van der Waals surface area contributed by atoms with Crippen LogP contribution >= 0.6 is 0 Å². The number of hydrogen-bond donors (Lipinski definition) is 1. The average Bonchev–Trinajstić information content (AvgIpc) is 3.33. The molecule has 2 saturated heterocycles. The summed E-state index contributed by atoms with van der Waals surface area (Å²) in [5.41, 5.74) is 1.89. The van der Waals surface area contributed by atoms with E-state index < -0.39 is 0 Å². The van der Waals surface area contributed by atoms with Crippen molar-refractivity contribution >= 4 is 16.8 Å². The fourth-order valence-electron chi connectivity index (χ4n) is 5.34. The highest BCUT2D eigenvalue weighted by atomic mass is 16.5.